The molecular weight excluding hydrogens is 296 g/mol. The van der Waals surface area contributed by atoms with E-state index in [1.165, 1.54) is 5.56 Å². The first-order valence-corrected chi connectivity index (χ1v) is 8.51. The van der Waals surface area contributed by atoms with E-state index < -0.39 is 0 Å². The molecule has 0 aliphatic carbocycles. The highest BCUT2D eigenvalue weighted by Gasteiger charge is 2.20. The number of benzene rings is 1. The van der Waals surface area contributed by atoms with E-state index in [2.05, 4.69) is 65.6 Å². The summed E-state index contributed by atoms with van der Waals surface area (Å²) in [6.07, 6.45) is 0. The first kappa shape index (κ1) is 18.0. The van der Waals surface area contributed by atoms with Gasteiger partial charge in [-0.15, -0.1) is 0 Å². The van der Waals surface area contributed by atoms with Gasteiger partial charge >= 0.3 is 0 Å². The lowest BCUT2D eigenvalue weighted by Crippen LogP contribution is -2.43. The standard InChI is InChI=1S/C20H28N4/c1-5-21-19(22-14-18-13-9-10-16(2)24-18)23-15-20(3,4)17-11-7-6-8-12-17/h6-13H,5,14-15H2,1-4H3,(H2,21,22,23). The Hall–Kier alpha value is -2.36. The first-order chi connectivity index (χ1) is 11.5. The molecule has 0 spiro atoms. The maximum absolute atomic E-state index is 4.65. The van der Waals surface area contributed by atoms with Crippen molar-refractivity contribution in [3.05, 3.63) is 65.5 Å². The zero-order valence-corrected chi connectivity index (χ0v) is 15.1. The molecule has 0 saturated carbocycles. The number of pyridine rings is 1. The number of aryl methyl sites for hydroxylation is 1. The SMILES string of the molecule is CCNC(=NCc1cccc(C)n1)NCC(C)(C)c1ccccc1. The predicted molar refractivity (Wildman–Crippen MR) is 101 cm³/mol. The average Bonchev–Trinajstić information content (AvgIpc) is 2.58. The topological polar surface area (TPSA) is 49.3 Å². The fraction of sp³-hybridized carbons (Fsp3) is 0.400. The number of rotatable bonds is 6. The van der Waals surface area contributed by atoms with Gasteiger partial charge in [0.25, 0.3) is 0 Å². The monoisotopic (exact) mass is 324 g/mol. The summed E-state index contributed by atoms with van der Waals surface area (Å²) >= 11 is 0. The molecule has 4 nitrogen and oxygen atoms in total. The minimum absolute atomic E-state index is 0.0268. The highest BCUT2D eigenvalue weighted by molar-refractivity contribution is 5.79. The first-order valence-electron chi connectivity index (χ1n) is 8.51. The van der Waals surface area contributed by atoms with Crippen molar-refractivity contribution >= 4 is 5.96 Å². The Morgan fingerprint density at radius 2 is 1.79 bits per heavy atom. The maximum atomic E-state index is 4.65. The normalized spacial score (nSPS) is 12.1. The van der Waals surface area contributed by atoms with Gasteiger partial charge in [0, 0.05) is 24.2 Å². The lowest BCUT2D eigenvalue weighted by atomic mass is 9.85. The van der Waals surface area contributed by atoms with E-state index in [1.54, 1.807) is 0 Å². The van der Waals surface area contributed by atoms with Crippen LogP contribution in [0.5, 0.6) is 0 Å². The second kappa shape index (κ2) is 8.48. The van der Waals surface area contributed by atoms with Crippen molar-refractivity contribution in [1.82, 2.24) is 15.6 Å². The molecule has 2 N–H and O–H groups in total. The predicted octanol–water partition coefficient (Wildman–Crippen LogP) is 3.42. The molecule has 1 aromatic carbocycles. The maximum Gasteiger partial charge on any atom is 0.191 e. The van der Waals surface area contributed by atoms with Crippen molar-refractivity contribution in [3.63, 3.8) is 0 Å². The van der Waals surface area contributed by atoms with Crippen molar-refractivity contribution in [2.45, 2.75) is 39.7 Å². The highest BCUT2D eigenvalue weighted by Crippen LogP contribution is 2.21. The Labute approximate surface area is 145 Å². The number of nitrogens with one attached hydrogen (secondary N) is 2. The molecule has 1 aromatic heterocycles. The zero-order valence-electron chi connectivity index (χ0n) is 15.1. The molecule has 0 bridgehead atoms. The summed E-state index contributed by atoms with van der Waals surface area (Å²) in [6.45, 7) is 10.8. The lowest BCUT2D eigenvalue weighted by Gasteiger charge is -2.26. The van der Waals surface area contributed by atoms with Crippen LogP contribution in [0.1, 0.15) is 37.7 Å². The molecule has 0 radical (unpaired) electrons. The van der Waals surface area contributed by atoms with Gasteiger partial charge in [0.1, 0.15) is 0 Å². The van der Waals surface area contributed by atoms with E-state index in [9.17, 15) is 0 Å². The number of aromatic nitrogens is 1. The van der Waals surface area contributed by atoms with Gasteiger partial charge in [-0.1, -0.05) is 50.2 Å². The second-order valence-corrected chi connectivity index (χ2v) is 6.57. The Bertz CT molecular complexity index is 662. The summed E-state index contributed by atoms with van der Waals surface area (Å²) in [5, 5.41) is 6.76. The van der Waals surface area contributed by atoms with E-state index in [-0.39, 0.29) is 5.41 Å². The largest absolute Gasteiger partial charge is 0.357 e. The van der Waals surface area contributed by atoms with Crippen LogP contribution in [0.4, 0.5) is 0 Å². The fourth-order valence-corrected chi connectivity index (χ4v) is 2.49. The molecular formula is C20H28N4. The molecule has 1 heterocycles. The number of hydrogen-bond acceptors (Lipinski definition) is 2. The summed E-state index contributed by atoms with van der Waals surface area (Å²) in [5.41, 5.74) is 3.34. The van der Waals surface area contributed by atoms with Crippen LogP contribution in [-0.4, -0.2) is 24.0 Å². The Balaban J connectivity index is 2.01. The molecule has 24 heavy (non-hydrogen) atoms. The van der Waals surface area contributed by atoms with Gasteiger partial charge in [0.05, 0.1) is 12.2 Å². The molecule has 0 saturated heterocycles. The van der Waals surface area contributed by atoms with Gasteiger partial charge in [-0.25, -0.2) is 4.99 Å². The van der Waals surface area contributed by atoms with Gasteiger partial charge in [-0.05, 0) is 31.5 Å². The summed E-state index contributed by atoms with van der Waals surface area (Å²) in [4.78, 5) is 9.15. The molecule has 2 aromatic rings. The summed E-state index contributed by atoms with van der Waals surface area (Å²) in [6, 6.07) is 16.6. The van der Waals surface area contributed by atoms with Crippen LogP contribution < -0.4 is 10.6 Å². The third kappa shape index (κ3) is 5.37. The molecule has 0 fully saturated rings. The molecule has 128 valence electrons. The van der Waals surface area contributed by atoms with E-state index in [1.807, 2.05) is 31.2 Å². The minimum Gasteiger partial charge on any atom is -0.357 e. The third-order valence-electron chi connectivity index (χ3n) is 3.94. The van der Waals surface area contributed by atoms with Gasteiger partial charge in [-0.2, -0.15) is 0 Å². The van der Waals surface area contributed by atoms with Crippen molar-refractivity contribution < 1.29 is 0 Å². The average molecular weight is 324 g/mol. The van der Waals surface area contributed by atoms with E-state index in [4.69, 9.17) is 0 Å². The summed E-state index contributed by atoms with van der Waals surface area (Å²) in [7, 11) is 0. The van der Waals surface area contributed by atoms with Crippen molar-refractivity contribution in [3.8, 4) is 0 Å². The second-order valence-electron chi connectivity index (χ2n) is 6.57. The van der Waals surface area contributed by atoms with Crippen molar-refractivity contribution in [2.75, 3.05) is 13.1 Å². The Morgan fingerprint density at radius 3 is 2.46 bits per heavy atom. The summed E-state index contributed by atoms with van der Waals surface area (Å²) < 4.78 is 0. The Morgan fingerprint density at radius 1 is 1.04 bits per heavy atom. The zero-order chi connectivity index (χ0) is 17.4. The Kier molecular flexibility index (Phi) is 6.36. The smallest absolute Gasteiger partial charge is 0.191 e. The quantitative estimate of drug-likeness (QED) is 0.632. The van der Waals surface area contributed by atoms with E-state index in [0.29, 0.717) is 6.54 Å². The third-order valence-corrected chi connectivity index (χ3v) is 3.94. The van der Waals surface area contributed by atoms with Gasteiger partial charge in [-0.3, -0.25) is 4.98 Å². The van der Waals surface area contributed by atoms with Crippen LogP contribution in [0.2, 0.25) is 0 Å². The summed E-state index contributed by atoms with van der Waals surface area (Å²) in [5.74, 6) is 0.824. The molecule has 0 aliphatic heterocycles. The molecule has 4 heteroatoms. The van der Waals surface area contributed by atoms with Crippen LogP contribution >= 0.6 is 0 Å². The van der Waals surface area contributed by atoms with Crippen LogP contribution in [-0.2, 0) is 12.0 Å². The number of nitrogens with zero attached hydrogens (tertiary/aromatic N) is 2. The van der Waals surface area contributed by atoms with Gasteiger partial charge < -0.3 is 10.6 Å². The van der Waals surface area contributed by atoms with Crippen LogP contribution in [0.15, 0.2) is 53.5 Å². The van der Waals surface area contributed by atoms with Gasteiger partial charge in [0.2, 0.25) is 0 Å². The molecule has 0 amide bonds. The number of aliphatic imine (C=N–C) groups is 1. The van der Waals surface area contributed by atoms with Crippen LogP contribution in [0.25, 0.3) is 0 Å². The van der Waals surface area contributed by atoms with Crippen LogP contribution in [0, 0.1) is 6.92 Å². The van der Waals surface area contributed by atoms with Crippen molar-refractivity contribution in [2.24, 2.45) is 4.99 Å². The molecule has 0 unspecified atom stereocenters. The van der Waals surface area contributed by atoms with Gasteiger partial charge in [0.15, 0.2) is 5.96 Å². The van der Waals surface area contributed by atoms with Crippen molar-refractivity contribution in [1.29, 1.82) is 0 Å². The van der Waals surface area contributed by atoms with E-state index >= 15 is 0 Å². The van der Waals surface area contributed by atoms with E-state index in [0.717, 1.165) is 30.4 Å². The number of guanidine groups is 1. The fourth-order valence-electron chi connectivity index (χ4n) is 2.49. The molecule has 0 atom stereocenters. The molecule has 2 rings (SSSR count). The minimum atomic E-state index is 0.0268. The highest BCUT2D eigenvalue weighted by atomic mass is 15.2. The molecule has 0 aliphatic rings. The van der Waals surface area contributed by atoms with Crippen LogP contribution in [0.3, 0.4) is 0 Å². The lowest BCUT2D eigenvalue weighted by molar-refractivity contribution is 0.508. The number of hydrogen-bond donors (Lipinski definition) is 2.